The minimum absolute atomic E-state index is 0.0401. The molecule has 2 aromatic rings. The fourth-order valence-electron chi connectivity index (χ4n) is 7.11. The Hall–Kier alpha value is -8.39. The van der Waals surface area contributed by atoms with Gasteiger partial charge in [-0.3, -0.25) is 57.7 Å². The van der Waals surface area contributed by atoms with Crippen molar-refractivity contribution in [2.24, 2.45) is 33.8 Å². The maximum absolute atomic E-state index is 13.8. The van der Waals surface area contributed by atoms with Crippen LogP contribution in [0.15, 0.2) is 47.8 Å². The van der Waals surface area contributed by atoms with E-state index in [1.807, 2.05) is 0 Å². The summed E-state index contributed by atoms with van der Waals surface area (Å²) in [5.41, 5.74) is 22.6. The predicted octanol–water partition coefficient (Wildman–Crippen LogP) is -6.62. The number of aromatic nitrogens is 2. The van der Waals surface area contributed by atoms with Crippen molar-refractivity contribution in [1.82, 2.24) is 57.8 Å². The zero-order chi connectivity index (χ0) is 59.5. The molecule has 0 saturated carbocycles. The van der Waals surface area contributed by atoms with Crippen LogP contribution in [0.2, 0.25) is 0 Å². The van der Waals surface area contributed by atoms with Gasteiger partial charge in [0.25, 0.3) is 0 Å². The lowest BCUT2D eigenvalue weighted by atomic mass is 10.0. The van der Waals surface area contributed by atoms with E-state index in [9.17, 15) is 72.9 Å². The van der Waals surface area contributed by atoms with Crippen LogP contribution in [-0.2, 0) is 70.4 Å². The highest BCUT2D eigenvalue weighted by Crippen LogP contribution is 2.10. The van der Waals surface area contributed by atoms with Crippen LogP contribution in [0.5, 0.6) is 0 Å². The second-order valence-corrected chi connectivity index (χ2v) is 18.8. The first-order valence-corrected chi connectivity index (χ1v) is 25.3. The maximum atomic E-state index is 13.8. The highest BCUT2D eigenvalue weighted by atomic mass is 32.1. The summed E-state index contributed by atoms with van der Waals surface area (Å²) < 4.78 is 0. The van der Waals surface area contributed by atoms with Gasteiger partial charge in [0, 0.05) is 43.5 Å². The van der Waals surface area contributed by atoms with E-state index in [-0.39, 0.29) is 43.9 Å². The number of amides is 10. The Morgan fingerprint density at radius 1 is 0.620 bits per heavy atom. The van der Waals surface area contributed by atoms with E-state index in [1.54, 1.807) is 44.2 Å². The molecule has 0 aliphatic rings. The van der Waals surface area contributed by atoms with Gasteiger partial charge in [-0.25, -0.2) is 9.78 Å². The molecule has 21 N–H and O–H groups in total. The average molecular weight is 1130 g/mol. The molecular weight excluding hydrogens is 1060 g/mol. The lowest BCUT2D eigenvalue weighted by molar-refractivity contribution is -0.142. The van der Waals surface area contributed by atoms with Crippen LogP contribution < -0.4 is 70.8 Å². The summed E-state index contributed by atoms with van der Waals surface area (Å²) in [6.45, 7) is 4.49. The number of guanidine groups is 1. The van der Waals surface area contributed by atoms with Gasteiger partial charge >= 0.3 is 11.9 Å². The summed E-state index contributed by atoms with van der Waals surface area (Å²) in [4.78, 5) is 166. The number of imidazole rings is 1. The number of primary amides is 1. The van der Waals surface area contributed by atoms with Crippen LogP contribution >= 0.6 is 12.6 Å². The first-order chi connectivity index (χ1) is 37.2. The number of hydrogen-bond donors (Lipinski definition) is 18. The molecule has 0 saturated heterocycles. The average Bonchev–Trinajstić information content (AvgIpc) is 3.90. The number of nitrogens with one attached hydrogen (secondary N) is 10. The molecule has 0 radical (unpaired) electrons. The van der Waals surface area contributed by atoms with Gasteiger partial charge in [-0.1, -0.05) is 44.2 Å². The molecule has 1 aromatic carbocycles. The van der Waals surface area contributed by atoms with Gasteiger partial charge in [0.2, 0.25) is 59.1 Å². The van der Waals surface area contributed by atoms with Gasteiger partial charge in [0.1, 0.15) is 54.4 Å². The van der Waals surface area contributed by atoms with Crippen molar-refractivity contribution < 1.29 is 72.9 Å². The largest absolute Gasteiger partial charge is 0.481 e. The van der Waals surface area contributed by atoms with Crippen LogP contribution in [0.4, 0.5) is 0 Å². The van der Waals surface area contributed by atoms with Crippen molar-refractivity contribution in [2.45, 2.75) is 133 Å². The number of rotatable bonds is 35. The molecule has 436 valence electrons. The number of carboxylic acid groups (broad SMARTS) is 2. The van der Waals surface area contributed by atoms with E-state index >= 15 is 0 Å². The number of nitrogens with two attached hydrogens (primary N) is 4. The molecule has 0 unspecified atom stereocenters. The minimum atomic E-state index is -1.71. The smallest absolute Gasteiger partial charge is 0.326 e. The topological polar surface area (TPSA) is 519 Å². The molecule has 10 atom stereocenters. The molecule has 79 heavy (non-hydrogen) atoms. The zero-order valence-corrected chi connectivity index (χ0v) is 44.7. The van der Waals surface area contributed by atoms with Crippen molar-refractivity contribution in [3.63, 3.8) is 0 Å². The predicted molar refractivity (Wildman–Crippen MR) is 283 cm³/mol. The normalized spacial score (nSPS) is 14.7. The number of hydrogen-bond acceptors (Lipinski definition) is 17. The number of carboxylic acids is 2. The molecule has 0 fully saturated rings. The second kappa shape index (κ2) is 33.7. The molecular formula is C47H72N16O15S. The van der Waals surface area contributed by atoms with Crippen LogP contribution in [0, 0.1) is 5.92 Å². The molecule has 0 aliphatic heterocycles. The lowest BCUT2D eigenvalue weighted by Gasteiger charge is -2.28. The lowest BCUT2D eigenvalue weighted by Crippen LogP contribution is -2.61. The quantitative estimate of drug-likeness (QED) is 0.0132. The van der Waals surface area contributed by atoms with Crippen molar-refractivity contribution in [1.29, 1.82) is 0 Å². The van der Waals surface area contributed by atoms with E-state index in [4.69, 9.17) is 22.9 Å². The number of aliphatic hydroxyl groups is 1. The van der Waals surface area contributed by atoms with Crippen LogP contribution in [0.3, 0.4) is 0 Å². The summed E-state index contributed by atoms with van der Waals surface area (Å²) in [5, 5.41) is 50.9. The van der Waals surface area contributed by atoms with Crippen molar-refractivity contribution >= 4 is 89.6 Å². The van der Waals surface area contributed by atoms with E-state index in [0.717, 1.165) is 0 Å². The SMILES string of the molecule is CC(C)[C@H](NC(=O)[C@H](CO)NC(=O)[C@H](C)NC(=O)[C@H](C)NC(=O)[C@H](CCCN=C(N)N)NC(=O)[C@H](CCC(=O)O)NC(=O)[C@H](CS)NC(=O)[C@@H](N)CC(N)=O)C(=O)N[C@@H](Cc1cnc[nH]1)C(=O)N[C@@H](Cc1ccccc1)C(=O)O. The number of thiol groups is 1. The number of aliphatic carboxylic acids is 2. The molecule has 0 spiro atoms. The number of H-pyrrole nitrogens is 1. The fraction of sp³-hybridized carbons (Fsp3) is 0.532. The van der Waals surface area contributed by atoms with Gasteiger partial charge < -0.3 is 91.1 Å². The van der Waals surface area contributed by atoms with E-state index in [0.29, 0.717) is 11.3 Å². The molecule has 0 aliphatic carbocycles. The number of benzene rings is 1. The molecule has 31 nitrogen and oxygen atoms in total. The van der Waals surface area contributed by atoms with Crippen molar-refractivity contribution in [2.75, 3.05) is 18.9 Å². The first-order valence-electron chi connectivity index (χ1n) is 24.7. The Morgan fingerprint density at radius 3 is 1.66 bits per heavy atom. The van der Waals surface area contributed by atoms with Gasteiger partial charge in [-0.05, 0) is 44.6 Å². The van der Waals surface area contributed by atoms with Gasteiger partial charge in [-0.15, -0.1) is 0 Å². The summed E-state index contributed by atoms with van der Waals surface area (Å²) in [5.74, 6) is -13.7. The Bertz CT molecular complexity index is 2460. The van der Waals surface area contributed by atoms with Crippen LogP contribution in [0.1, 0.15) is 71.1 Å². The molecule has 2 rings (SSSR count). The van der Waals surface area contributed by atoms with Gasteiger partial charge in [-0.2, -0.15) is 12.6 Å². The number of carbonyl (C=O) groups is 12. The third kappa shape index (κ3) is 24.2. The number of carbonyl (C=O) groups excluding carboxylic acids is 10. The van der Waals surface area contributed by atoms with Crippen molar-refractivity contribution in [3.8, 4) is 0 Å². The number of aliphatic hydroxyl groups excluding tert-OH is 1. The van der Waals surface area contributed by atoms with E-state index in [2.05, 4.69) is 75.4 Å². The van der Waals surface area contributed by atoms with E-state index < -0.39 is 163 Å². The van der Waals surface area contributed by atoms with Crippen LogP contribution in [0.25, 0.3) is 0 Å². The first kappa shape index (κ1) is 66.7. The third-order valence-corrected chi connectivity index (χ3v) is 11.9. The summed E-state index contributed by atoms with van der Waals surface area (Å²) in [6, 6.07) is -6.29. The Kier molecular flexibility index (Phi) is 28.5. The fourth-order valence-corrected chi connectivity index (χ4v) is 7.37. The third-order valence-electron chi connectivity index (χ3n) is 11.5. The number of aromatic amines is 1. The van der Waals surface area contributed by atoms with Gasteiger partial charge in [0.15, 0.2) is 5.96 Å². The molecule has 10 amide bonds. The monoisotopic (exact) mass is 1130 g/mol. The molecule has 1 aromatic heterocycles. The molecule has 0 bridgehead atoms. The Labute approximate surface area is 458 Å². The summed E-state index contributed by atoms with van der Waals surface area (Å²) in [6.07, 6.45) is 0.591. The van der Waals surface area contributed by atoms with Gasteiger partial charge in [0.05, 0.1) is 25.4 Å². The Balaban J connectivity index is 2.19. The number of aliphatic imine (C=N–C) groups is 1. The standard InChI is InChI=1S/C47H72N16O15S/c1-22(2)36(45(76)59-30(16-26-18-52-21-54-26)42(73)60-31(46(77)78)15-25-9-6-5-7-10-25)63-43(74)32(19-64)61-38(69)24(4)55-37(68)23(3)56-40(71)28(11-8-14-53-47(50)51)57-41(72)29(12-13-35(66)67)58-44(75)33(20-79)62-39(70)27(48)17-34(49)65/h5-7,9-10,18,21-24,27-33,36,64,79H,8,11-17,19-20,48H2,1-4H3,(H2,49,65)(H,52,54)(H,55,68)(H,56,71)(H,57,72)(H,58,75)(H,59,76)(H,60,73)(H,61,69)(H,62,70)(H,63,74)(H,66,67)(H,77,78)(H4,50,51,53)/t23-,24-,27-,28-,29-,30-,31-,32-,33-,36-/m0/s1. The van der Waals surface area contributed by atoms with E-state index in [1.165, 1.54) is 26.4 Å². The molecule has 1 heterocycles. The Morgan fingerprint density at radius 2 is 1.13 bits per heavy atom. The number of nitrogens with zero attached hydrogens (tertiary/aromatic N) is 2. The second-order valence-electron chi connectivity index (χ2n) is 18.4. The highest BCUT2D eigenvalue weighted by molar-refractivity contribution is 7.80. The highest BCUT2D eigenvalue weighted by Gasteiger charge is 2.35. The summed E-state index contributed by atoms with van der Waals surface area (Å²) >= 11 is 4.04. The maximum Gasteiger partial charge on any atom is 0.326 e. The van der Waals surface area contributed by atoms with Crippen molar-refractivity contribution in [3.05, 3.63) is 54.1 Å². The van der Waals surface area contributed by atoms with Crippen LogP contribution in [-0.4, -0.2) is 182 Å². The molecule has 32 heteroatoms. The minimum Gasteiger partial charge on any atom is -0.481 e. The summed E-state index contributed by atoms with van der Waals surface area (Å²) in [7, 11) is 0. The zero-order valence-electron chi connectivity index (χ0n) is 43.9.